The topological polar surface area (TPSA) is 59.0 Å². The second kappa shape index (κ2) is 8.08. The van der Waals surface area contributed by atoms with Gasteiger partial charge in [0, 0.05) is 11.3 Å². The molecule has 1 amide bonds. The molecule has 1 atom stereocenters. The van der Waals surface area contributed by atoms with E-state index in [1.54, 1.807) is 34.8 Å². The Balaban J connectivity index is 1.48. The Morgan fingerprint density at radius 1 is 1.11 bits per heavy atom. The van der Waals surface area contributed by atoms with Crippen LogP contribution in [0.15, 0.2) is 64.4 Å². The number of thiophene rings is 2. The minimum Gasteiger partial charge on any atom is -0.452 e. The highest BCUT2D eigenvalue weighted by Crippen LogP contribution is 2.35. The van der Waals surface area contributed by atoms with Gasteiger partial charge >= 0.3 is 5.97 Å². The van der Waals surface area contributed by atoms with Gasteiger partial charge in [-0.15, -0.1) is 22.7 Å². The first kappa shape index (κ1) is 18.6. The lowest BCUT2D eigenvalue weighted by Gasteiger charge is -2.20. The fourth-order valence-corrected chi connectivity index (χ4v) is 4.53. The van der Waals surface area contributed by atoms with Gasteiger partial charge < -0.3 is 4.74 Å². The number of hydrogen-bond acceptors (Lipinski definition) is 6. The molecule has 0 bridgehead atoms. The second-order valence-electron chi connectivity index (χ2n) is 6.44. The van der Waals surface area contributed by atoms with Gasteiger partial charge in [0.25, 0.3) is 5.91 Å². The van der Waals surface area contributed by atoms with Crippen LogP contribution in [-0.4, -0.2) is 29.2 Å². The first-order valence-corrected chi connectivity index (χ1v) is 10.6. The number of hydrazone groups is 1. The van der Waals surface area contributed by atoms with Crippen molar-refractivity contribution in [1.29, 1.82) is 0 Å². The maximum Gasteiger partial charge on any atom is 0.338 e. The lowest BCUT2D eigenvalue weighted by Crippen LogP contribution is -2.31. The largest absolute Gasteiger partial charge is 0.452 e. The van der Waals surface area contributed by atoms with E-state index in [-0.39, 0.29) is 18.6 Å². The summed E-state index contributed by atoms with van der Waals surface area (Å²) >= 11 is 3.19. The molecule has 3 aromatic rings. The Morgan fingerprint density at radius 2 is 1.86 bits per heavy atom. The van der Waals surface area contributed by atoms with Gasteiger partial charge in [-0.25, -0.2) is 9.80 Å². The third-order valence-electron chi connectivity index (χ3n) is 4.46. The minimum absolute atomic E-state index is 0.164. The van der Waals surface area contributed by atoms with Gasteiger partial charge in [-0.05, 0) is 41.9 Å². The zero-order valence-electron chi connectivity index (χ0n) is 15.2. The Bertz CT molecular complexity index is 993. The molecule has 1 unspecified atom stereocenters. The predicted octanol–water partition coefficient (Wildman–Crippen LogP) is 4.65. The van der Waals surface area contributed by atoms with Crippen molar-refractivity contribution in [1.82, 2.24) is 5.01 Å². The van der Waals surface area contributed by atoms with Crippen LogP contribution in [0.25, 0.3) is 0 Å². The molecule has 2 aromatic heterocycles. The average molecular weight is 411 g/mol. The van der Waals surface area contributed by atoms with Gasteiger partial charge in [-0.2, -0.15) is 5.10 Å². The summed E-state index contributed by atoms with van der Waals surface area (Å²) in [6.07, 6.45) is 0.651. The van der Waals surface area contributed by atoms with Gasteiger partial charge in [-0.1, -0.05) is 29.8 Å². The van der Waals surface area contributed by atoms with Gasteiger partial charge in [0.2, 0.25) is 0 Å². The monoisotopic (exact) mass is 410 g/mol. The van der Waals surface area contributed by atoms with E-state index in [1.807, 2.05) is 54.1 Å². The Morgan fingerprint density at radius 3 is 2.54 bits per heavy atom. The van der Waals surface area contributed by atoms with Crippen LogP contribution >= 0.6 is 22.7 Å². The Labute approximate surface area is 170 Å². The number of ether oxygens (including phenoxy) is 1. The molecular weight excluding hydrogens is 392 g/mol. The summed E-state index contributed by atoms with van der Waals surface area (Å²) in [6.45, 7) is 1.61. The summed E-state index contributed by atoms with van der Waals surface area (Å²) in [7, 11) is 0. The third-order valence-corrected chi connectivity index (χ3v) is 6.35. The van der Waals surface area contributed by atoms with Crippen molar-refractivity contribution in [3.05, 3.63) is 80.2 Å². The molecule has 0 aliphatic carbocycles. The number of hydrogen-bond donors (Lipinski definition) is 0. The summed E-state index contributed by atoms with van der Waals surface area (Å²) in [6, 6.07) is 14.8. The molecule has 4 rings (SSSR count). The normalized spacial score (nSPS) is 16.1. The van der Waals surface area contributed by atoms with Crippen LogP contribution in [-0.2, 0) is 9.53 Å². The van der Waals surface area contributed by atoms with Crippen LogP contribution in [0.2, 0.25) is 0 Å². The molecule has 0 spiro atoms. The van der Waals surface area contributed by atoms with E-state index in [9.17, 15) is 9.59 Å². The molecule has 1 aliphatic heterocycles. The molecule has 1 aromatic carbocycles. The lowest BCUT2D eigenvalue weighted by molar-refractivity contribution is -0.136. The molecule has 142 valence electrons. The van der Waals surface area contributed by atoms with Crippen LogP contribution in [0.3, 0.4) is 0 Å². The third kappa shape index (κ3) is 3.90. The number of carbonyl (C=O) groups is 2. The van der Waals surface area contributed by atoms with Crippen molar-refractivity contribution < 1.29 is 14.3 Å². The first-order valence-electron chi connectivity index (χ1n) is 8.82. The van der Waals surface area contributed by atoms with Crippen molar-refractivity contribution in [2.45, 2.75) is 19.4 Å². The maximum absolute atomic E-state index is 12.8. The van der Waals surface area contributed by atoms with Crippen LogP contribution in [0.1, 0.15) is 38.1 Å². The fraction of sp³-hybridized carbons (Fsp3) is 0.190. The highest BCUT2D eigenvalue weighted by Gasteiger charge is 2.34. The fourth-order valence-electron chi connectivity index (χ4n) is 3.00. The number of nitrogens with zero attached hydrogens (tertiary/aromatic N) is 2. The van der Waals surface area contributed by atoms with Crippen molar-refractivity contribution in [2.75, 3.05) is 6.61 Å². The van der Waals surface area contributed by atoms with E-state index in [2.05, 4.69) is 5.10 Å². The van der Waals surface area contributed by atoms with Crippen LogP contribution in [0, 0.1) is 6.92 Å². The van der Waals surface area contributed by atoms with Crippen molar-refractivity contribution in [2.24, 2.45) is 5.10 Å². The number of carbonyl (C=O) groups excluding carboxylic acids is 2. The van der Waals surface area contributed by atoms with Crippen LogP contribution in [0.4, 0.5) is 0 Å². The summed E-state index contributed by atoms with van der Waals surface area (Å²) in [5.74, 6) is -0.840. The van der Waals surface area contributed by atoms with Crippen LogP contribution in [0.5, 0.6) is 0 Å². The standard InChI is InChI=1S/C21H18N2O3S2/c1-14-6-8-15(9-7-14)21(25)26-13-20(24)23-17(19-5-3-11-28-19)12-16(22-23)18-4-2-10-27-18/h2-11,17H,12-13H2,1H3. The SMILES string of the molecule is Cc1ccc(C(=O)OCC(=O)N2N=C(c3cccs3)CC2c2cccs2)cc1. The number of amides is 1. The lowest BCUT2D eigenvalue weighted by atomic mass is 10.1. The van der Waals surface area contributed by atoms with Gasteiger partial charge in [0.15, 0.2) is 6.61 Å². The van der Waals surface area contributed by atoms with Crippen molar-refractivity contribution in [3.8, 4) is 0 Å². The molecule has 0 fully saturated rings. The van der Waals surface area contributed by atoms with Gasteiger partial charge in [-0.3, -0.25) is 4.79 Å². The number of rotatable bonds is 5. The maximum atomic E-state index is 12.8. The Hall–Kier alpha value is -2.77. The smallest absolute Gasteiger partial charge is 0.338 e. The number of benzene rings is 1. The van der Waals surface area contributed by atoms with Crippen LogP contribution < -0.4 is 0 Å². The average Bonchev–Trinajstić information content (AvgIpc) is 3.46. The zero-order valence-corrected chi connectivity index (χ0v) is 16.8. The highest BCUT2D eigenvalue weighted by atomic mass is 32.1. The molecule has 0 saturated heterocycles. The second-order valence-corrected chi connectivity index (χ2v) is 8.37. The number of aryl methyl sites for hydroxylation is 1. The molecule has 1 aliphatic rings. The Kier molecular flexibility index (Phi) is 5.36. The van der Waals surface area contributed by atoms with Gasteiger partial charge in [0.1, 0.15) is 0 Å². The number of esters is 1. The minimum atomic E-state index is -0.511. The predicted molar refractivity (Wildman–Crippen MR) is 111 cm³/mol. The summed E-state index contributed by atoms with van der Waals surface area (Å²) in [4.78, 5) is 27.1. The first-order chi connectivity index (χ1) is 13.6. The van der Waals surface area contributed by atoms with E-state index in [0.717, 1.165) is 21.0 Å². The van der Waals surface area contributed by atoms with Crippen molar-refractivity contribution >= 4 is 40.3 Å². The molecule has 0 radical (unpaired) electrons. The molecule has 0 saturated carbocycles. The van der Waals surface area contributed by atoms with Gasteiger partial charge in [0.05, 0.1) is 22.2 Å². The molecule has 3 heterocycles. The molecular formula is C21H18N2O3S2. The quantitative estimate of drug-likeness (QED) is 0.575. The molecule has 7 heteroatoms. The van der Waals surface area contributed by atoms with E-state index < -0.39 is 5.97 Å². The summed E-state index contributed by atoms with van der Waals surface area (Å²) in [5, 5.41) is 9.99. The molecule has 28 heavy (non-hydrogen) atoms. The van der Waals surface area contributed by atoms with Crippen molar-refractivity contribution in [3.63, 3.8) is 0 Å². The summed E-state index contributed by atoms with van der Waals surface area (Å²) in [5.41, 5.74) is 2.36. The molecule has 5 nitrogen and oxygen atoms in total. The van der Waals surface area contributed by atoms with E-state index >= 15 is 0 Å². The van der Waals surface area contributed by atoms with E-state index in [1.165, 1.54) is 5.01 Å². The molecule has 0 N–H and O–H groups in total. The highest BCUT2D eigenvalue weighted by molar-refractivity contribution is 7.12. The summed E-state index contributed by atoms with van der Waals surface area (Å²) < 4.78 is 5.24. The zero-order chi connectivity index (χ0) is 19.5. The van der Waals surface area contributed by atoms with E-state index in [0.29, 0.717) is 12.0 Å². The van der Waals surface area contributed by atoms with E-state index in [4.69, 9.17) is 4.74 Å².